The van der Waals surface area contributed by atoms with Crippen LogP contribution in [0, 0.1) is 0 Å². The number of hydrogen-bond acceptors (Lipinski definition) is 4. The van der Waals surface area contributed by atoms with E-state index >= 15 is 0 Å². The van der Waals surface area contributed by atoms with E-state index in [0.29, 0.717) is 26.2 Å². The predicted octanol–water partition coefficient (Wildman–Crippen LogP) is 0.434. The first-order valence-electron chi connectivity index (χ1n) is 5.60. The quantitative estimate of drug-likeness (QED) is 0.741. The smallest absolute Gasteiger partial charge is 0.274 e. The predicted molar refractivity (Wildman–Crippen MR) is 65.2 cm³/mol. The summed E-state index contributed by atoms with van der Waals surface area (Å²) in [7, 11) is 0. The van der Waals surface area contributed by atoms with Gasteiger partial charge in [-0.1, -0.05) is 11.6 Å². The van der Waals surface area contributed by atoms with Gasteiger partial charge in [0, 0.05) is 33.1 Å². The number of hydrogen-bond donors (Lipinski definition) is 0. The second-order valence-electron chi connectivity index (χ2n) is 4.03. The zero-order chi connectivity index (χ0) is 13.1. The standard InChI is InChI=1S/C11H13ClN4O2/c1-8(17)15-2-4-16(5-3-15)11(18)9-6-13-7-10(12)14-9/h6-7H,2-5H2,1H3. The van der Waals surface area contributed by atoms with Crippen molar-refractivity contribution in [3.8, 4) is 0 Å². The van der Waals surface area contributed by atoms with E-state index in [1.54, 1.807) is 9.80 Å². The second-order valence-corrected chi connectivity index (χ2v) is 4.41. The maximum atomic E-state index is 12.1. The number of rotatable bonds is 1. The van der Waals surface area contributed by atoms with Gasteiger partial charge in [0.05, 0.1) is 12.4 Å². The van der Waals surface area contributed by atoms with Crippen LogP contribution in [0.1, 0.15) is 17.4 Å². The zero-order valence-corrected chi connectivity index (χ0v) is 10.7. The molecule has 2 rings (SSSR count). The van der Waals surface area contributed by atoms with E-state index in [1.807, 2.05) is 0 Å². The summed E-state index contributed by atoms with van der Waals surface area (Å²) >= 11 is 5.70. The van der Waals surface area contributed by atoms with Crippen molar-refractivity contribution in [2.75, 3.05) is 26.2 Å². The molecule has 0 spiro atoms. The molecular formula is C11H13ClN4O2. The number of aromatic nitrogens is 2. The minimum absolute atomic E-state index is 0.0321. The van der Waals surface area contributed by atoms with E-state index in [9.17, 15) is 9.59 Å². The third kappa shape index (κ3) is 2.76. The molecule has 0 unspecified atom stereocenters. The Bertz CT molecular complexity index is 472. The molecule has 1 aliphatic heterocycles. The number of carbonyl (C=O) groups is 2. The molecular weight excluding hydrogens is 256 g/mol. The van der Waals surface area contributed by atoms with Crippen LogP contribution in [0.25, 0.3) is 0 Å². The first-order chi connectivity index (χ1) is 8.58. The van der Waals surface area contributed by atoms with Gasteiger partial charge in [-0.2, -0.15) is 0 Å². The van der Waals surface area contributed by atoms with Crippen LogP contribution in [-0.4, -0.2) is 57.8 Å². The normalized spacial score (nSPS) is 15.7. The van der Waals surface area contributed by atoms with E-state index in [0.717, 1.165) is 0 Å². The molecule has 0 bridgehead atoms. The fourth-order valence-electron chi connectivity index (χ4n) is 1.83. The van der Waals surface area contributed by atoms with Crippen molar-refractivity contribution in [3.63, 3.8) is 0 Å². The van der Waals surface area contributed by atoms with Crippen LogP contribution < -0.4 is 0 Å². The summed E-state index contributed by atoms with van der Waals surface area (Å²) in [5.41, 5.74) is 0.235. The molecule has 7 heteroatoms. The maximum Gasteiger partial charge on any atom is 0.274 e. The Morgan fingerprint density at radius 1 is 1.17 bits per heavy atom. The van der Waals surface area contributed by atoms with Crippen LogP contribution in [-0.2, 0) is 4.79 Å². The fourth-order valence-corrected chi connectivity index (χ4v) is 1.98. The van der Waals surface area contributed by atoms with Gasteiger partial charge in [-0.15, -0.1) is 0 Å². The van der Waals surface area contributed by atoms with Gasteiger partial charge in [0.15, 0.2) is 0 Å². The van der Waals surface area contributed by atoms with Crippen molar-refractivity contribution in [2.24, 2.45) is 0 Å². The molecule has 1 saturated heterocycles. The van der Waals surface area contributed by atoms with Crippen LogP contribution in [0.15, 0.2) is 12.4 Å². The summed E-state index contributed by atoms with van der Waals surface area (Å²) in [6.07, 6.45) is 2.78. The van der Waals surface area contributed by atoms with Crippen LogP contribution in [0.5, 0.6) is 0 Å². The highest BCUT2D eigenvalue weighted by atomic mass is 35.5. The summed E-state index contributed by atoms with van der Waals surface area (Å²) in [5, 5.41) is 0.197. The van der Waals surface area contributed by atoms with E-state index in [-0.39, 0.29) is 22.7 Å². The lowest BCUT2D eigenvalue weighted by molar-refractivity contribution is -0.130. The third-order valence-corrected chi connectivity index (χ3v) is 3.02. The van der Waals surface area contributed by atoms with Crippen molar-refractivity contribution in [1.29, 1.82) is 0 Å². The second kappa shape index (κ2) is 5.30. The van der Waals surface area contributed by atoms with Crippen LogP contribution in [0.2, 0.25) is 5.15 Å². The van der Waals surface area contributed by atoms with E-state index in [2.05, 4.69) is 9.97 Å². The number of nitrogens with zero attached hydrogens (tertiary/aromatic N) is 4. The van der Waals surface area contributed by atoms with Gasteiger partial charge in [0.2, 0.25) is 5.91 Å². The molecule has 0 aromatic carbocycles. The minimum atomic E-state index is -0.201. The molecule has 2 heterocycles. The molecule has 18 heavy (non-hydrogen) atoms. The molecule has 0 radical (unpaired) electrons. The van der Waals surface area contributed by atoms with Crippen molar-refractivity contribution in [3.05, 3.63) is 23.2 Å². The lowest BCUT2D eigenvalue weighted by Crippen LogP contribution is -2.50. The Morgan fingerprint density at radius 3 is 2.33 bits per heavy atom. The number of halogens is 1. The topological polar surface area (TPSA) is 66.4 Å². The van der Waals surface area contributed by atoms with Crippen molar-refractivity contribution >= 4 is 23.4 Å². The van der Waals surface area contributed by atoms with Crippen molar-refractivity contribution < 1.29 is 9.59 Å². The average molecular weight is 269 g/mol. The molecule has 1 aromatic heterocycles. The summed E-state index contributed by atoms with van der Waals surface area (Å²) in [6.45, 7) is 3.64. The molecule has 96 valence electrons. The molecule has 6 nitrogen and oxygen atoms in total. The molecule has 2 amide bonds. The largest absolute Gasteiger partial charge is 0.339 e. The van der Waals surface area contributed by atoms with Gasteiger partial charge >= 0.3 is 0 Å². The van der Waals surface area contributed by atoms with Crippen LogP contribution in [0.3, 0.4) is 0 Å². The van der Waals surface area contributed by atoms with E-state index < -0.39 is 0 Å². The Kier molecular flexibility index (Phi) is 3.76. The Balaban J connectivity index is 2.02. The van der Waals surface area contributed by atoms with E-state index in [4.69, 9.17) is 11.6 Å². The van der Waals surface area contributed by atoms with Gasteiger partial charge in [0.25, 0.3) is 5.91 Å². The van der Waals surface area contributed by atoms with Crippen LogP contribution >= 0.6 is 11.6 Å². The number of piperazine rings is 1. The van der Waals surface area contributed by atoms with Gasteiger partial charge in [0.1, 0.15) is 10.8 Å². The summed E-state index contributed by atoms with van der Waals surface area (Å²) in [6, 6.07) is 0. The molecule has 1 aliphatic rings. The highest BCUT2D eigenvalue weighted by Crippen LogP contribution is 2.09. The molecule has 0 atom stereocenters. The molecule has 0 saturated carbocycles. The average Bonchev–Trinajstić information content (AvgIpc) is 2.38. The first-order valence-corrected chi connectivity index (χ1v) is 5.98. The highest BCUT2D eigenvalue weighted by molar-refractivity contribution is 6.29. The molecule has 1 fully saturated rings. The molecule has 0 N–H and O–H groups in total. The molecule has 1 aromatic rings. The summed E-state index contributed by atoms with van der Waals surface area (Å²) in [5.74, 6) is -0.169. The van der Waals surface area contributed by atoms with E-state index in [1.165, 1.54) is 19.3 Å². The van der Waals surface area contributed by atoms with Crippen molar-refractivity contribution in [1.82, 2.24) is 19.8 Å². The zero-order valence-electron chi connectivity index (χ0n) is 9.97. The SMILES string of the molecule is CC(=O)N1CCN(C(=O)c2cncc(Cl)n2)CC1. The fraction of sp³-hybridized carbons (Fsp3) is 0.455. The summed E-state index contributed by atoms with van der Waals surface area (Å²) < 4.78 is 0. The monoisotopic (exact) mass is 268 g/mol. The third-order valence-electron chi connectivity index (χ3n) is 2.84. The number of carbonyl (C=O) groups excluding carboxylic acids is 2. The highest BCUT2D eigenvalue weighted by Gasteiger charge is 2.24. The molecule has 0 aliphatic carbocycles. The first kappa shape index (κ1) is 12.8. The lowest BCUT2D eigenvalue weighted by Gasteiger charge is -2.33. The Morgan fingerprint density at radius 2 is 1.78 bits per heavy atom. The van der Waals surface area contributed by atoms with Gasteiger partial charge in [-0.3, -0.25) is 14.6 Å². The van der Waals surface area contributed by atoms with Crippen LogP contribution in [0.4, 0.5) is 0 Å². The van der Waals surface area contributed by atoms with Gasteiger partial charge < -0.3 is 9.80 Å². The summed E-state index contributed by atoms with van der Waals surface area (Å²) in [4.78, 5) is 34.4. The van der Waals surface area contributed by atoms with Crippen molar-refractivity contribution in [2.45, 2.75) is 6.92 Å². The Hall–Kier alpha value is -1.69. The lowest BCUT2D eigenvalue weighted by atomic mass is 10.3. The maximum absolute atomic E-state index is 12.1. The minimum Gasteiger partial charge on any atom is -0.339 e. The Labute approximate surface area is 110 Å². The number of amides is 2. The van der Waals surface area contributed by atoms with Gasteiger partial charge in [-0.25, -0.2) is 4.98 Å². The van der Waals surface area contributed by atoms with Gasteiger partial charge in [-0.05, 0) is 0 Å².